The molecule has 0 fully saturated rings. The second-order valence-electron chi connectivity index (χ2n) is 9.23. The van der Waals surface area contributed by atoms with Crippen LogP contribution >= 0.6 is 0 Å². The number of fused-ring (bicyclic) bond motifs is 1. The Balaban J connectivity index is 1.67. The average molecular weight is 450 g/mol. The summed E-state index contributed by atoms with van der Waals surface area (Å²) in [7, 11) is 0. The summed E-state index contributed by atoms with van der Waals surface area (Å²) >= 11 is -1.91. The van der Waals surface area contributed by atoms with Gasteiger partial charge >= 0.3 is 5.97 Å². The molecule has 0 amide bonds. The third kappa shape index (κ3) is 4.47. The van der Waals surface area contributed by atoms with Crippen LogP contribution in [0.25, 0.3) is 11.1 Å². The molecular weight excluding hydrogens is 422 g/mol. The molecule has 32 heavy (non-hydrogen) atoms. The van der Waals surface area contributed by atoms with Gasteiger partial charge in [0.25, 0.3) is 0 Å². The second kappa shape index (κ2) is 8.52. The molecule has 0 aromatic heterocycles. The van der Waals surface area contributed by atoms with Gasteiger partial charge in [0.05, 0.1) is 5.75 Å². The van der Waals surface area contributed by atoms with Crippen LogP contribution in [-0.4, -0.2) is 25.9 Å². The van der Waals surface area contributed by atoms with Gasteiger partial charge in [0.15, 0.2) is 11.1 Å². The summed E-state index contributed by atoms with van der Waals surface area (Å²) < 4.78 is 20.1. The van der Waals surface area contributed by atoms with E-state index in [-0.39, 0.29) is 11.2 Å². The monoisotopic (exact) mass is 449 g/mol. The van der Waals surface area contributed by atoms with E-state index in [1.807, 2.05) is 29.2 Å². The number of hydrogen-bond acceptors (Lipinski definition) is 3. The Kier molecular flexibility index (Phi) is 5.93. The summed E-state index contributed by atoms with van der Waals surface area (Å²) in [4.78, 5) is 13.9. The predicted molar refractivity (Wildman–Crippen MR) is 129 cm³/mol. The maximum Gasteiger partial charge on any atom is 0.327 e. The molecule has 3 aromatic rings. The van der Waals surface area contributed by atoms with Gasteiger partial charge in [-0.1, -0.05) is 63.2 Å². The van der Waals surface area contributed by atoms with Crippen LogP contribution in [0, 0.1) is 0 Å². The smallest absolute Gasteiger partial charge is 0.327 e. The fraction of sp³-hybridized carbons (Fsp3) is 0.269. The quantitative estimate of drug-likeness (QED) is 0.502. The maximum absolute atomic E-state index is 12.0. The minimum Gasteiger partial charge on any atom is -0.480 e. The summed E-state index contributed by atoms with van der Waals surface area (Å²) in [6.45, 7) is 6.56. The highest BCUT2D eigenvalue weighted by atomic mass is 32.2. The lowest BCUT2D eigenvalue weighted by Gasteiger charge is -2.25. The number of hydrogen-bond donors (Lipinski definition) is 2. The SMILES string of the molecule is CC(C)(C)c1ccc(-c2ccc3c(c2)CC(C(=O)O)N3c2ccc(CS(=O)O)cc2)cc1. The lowest BCUT2D eigenvalue weighted by Crippen LogP contribution is -2.35. The Morgan fingerprint density at radius 3 is 2.19 bits per heavy atom. The van der Waals surface area contributed by atoms with Gasteiger partial charge in [0, 0.05) is 17.8 Å². The Bertz CT molecular complexity index is 1160. The van der Waals surface area contributed by atoms with E-state index in [9.17, 15) is 14.1 Å². The highest BCUT2D eigenvalue weighted by molar-refractivity contribution is 7.78. The highest BCUT2D eigenvalue weighted by Crippen LogP contribution is 2.40. The first-order chi connectivity index (χ1) is 15.1. The molecule has 2 atom stereocenters. The van der Waals surface area contributed by atoms with E-state index < -0.39 is 23.1 Å². The minimum absolute atomic E-state index is 0.0522. The molecule has 3 aromatic carbocycles. The molecule has 0 aliphatic carbocycles. The molecule has 1 heterocycles. The molecule has 5 nitrogen and oxygen atoms in total. The molecule has 1 aliphatic rings. The number of carboxylic acids is 1. The number of aliphatic carboxylic acids is 1. The Hall–Kier alpha value is -2.96. The van der Waals surface area contributed by atoms with Gasteiger partial charge in [-0.05, 0) is 57.5 Å². The molecule has 6 heteroatoms. The van der Waals surface area contributed by atoms with Crippen molar-refractivity contribution in [3.05, 3.63) is 83.4 Å². The van der Waals surface area contributed by atoms with E-state index in [0.29, 0.717) is 6.42 Å². The number of carboxylic acid groups (broad SMARTS) is 1. The van der Waals surface area contributed by atoms with Gasteiger partial charge in [-0.3, -0.25) is 0 Å². The van der Waals surface area contributed by atoms with Gasteiger partial charge in [0.1, 0.15) is 6.04 Å². The van der Waals surface area contributed by atoms with Gasteiger partial charge < -0.3 is 14.6 Å². The second-order valence-corrected chi connectivity index (χ2v) is 10.2. The van der Waals surface area contributed by atoms with Gasteiger partial charge in [0.2, 0.25) is 0 Å². The molecule has 2 N–H and O–H groups in total. The maximum atomic E-state index is 12.0. The number of nitrogens with zero attached hydrogens (tertiary/aromatic N) is 1. The van der Waals surface area contributed by atoms with Crippen LogP contribution in [0.5, 0.6) is 0 Å². The third-order valence-electron chi connectivity index (χ3n) is 5.94. The first-order valence-electron chi connectivity index (χ1n) is 10.6. The van der Waals surface area contributed by atoms with E-state index in [1.165, 1.54) is 5.56 Å². The lowest BCUT2D eigenvalue weighted by molar-refractivity contribution is -0.138. The van der Waals surface area contributed by atoms with Crippen molar-refractivity contribution in [1.82, 2.24) is 0 Å². The van der Waals surface area contributed by atoms with E-state index in [4.69, 9.17) is 4.55 Å². The molecule has 0 saturated heterocycles. The zero-order valence-electron chi connectivity index (χ0n) is 18.4. The van der Waals surface area contributed by atoms with Crippen molar-refractivity contribution in [2.45, 2.75) is 44.4 Å². The fourth-order valence-corrected chi connectivity index (χ4v) is 4.68. The molecular formula is C26H27NO4S. The first-order valence-corrected chi connectivity index (χ1v) is 11.8. The number of rotatable bonds is 5. The summed E-state index contributed by atoms with van der Waals surface area (Å²) in [5, 5.41) is 9.87. The number of carbonyl (C=O) groups is 1. The zero-order valence-corrected chi connectivity index (χ0v) is 19.2. The van der Waals surface area contributed by atoms with Crippen molar-refractivity contribution in [3.63, 3.8) is 0 Å². The van der Waals surface area contributed by atoms with Crippen LogP contribution in [-0.2, 0) is 33.5 Å². The predicted octanol–water partition coefficient (Wildman–Crippen LogP) is 5.52. The van der Waals surface area contributed by atoms with Crippen molar-refractivity contribution in [3.8, 4) is 11.1 Å². The highest BCUT2D eigenvalue weighted by Gasteiger charge is 2.35. The van der Waals surface area contributed by atoms with Crippen LogP contribution in [0.3, 0.4) is 0 Å². The molecule has 1 aliphatic heterocycles. The molecule has 0 spiro atoms. The molecule has 4 rings (SSSR count). The van der Waals surface area contributed by atoms with Crippen molar-refractivity contribution in [1.29, 1.82) is 0 Å². The zero-order chi connectivity index (χ0) is 23.0. The summed E-state index contributed by atoms with van der Waals surface area (Å²) in [5.41, 5.74) is 6.89. The van der Waals surface area contributed by atoms with Gasteiger partial charge in [-0.25, -0.2) is 9.00 Å². The fourth-order valence-electron chi connectivity index (χ4n) is 4.21. The molecule has 166 valence electrons. The Labute approximate surface area is 191 Å². The summed E-state index contributed by atoms with van der Waals surface area (Å²) in [6, 6.07) is 21.1. The standard InChI is InChI=1S/C26H27NO4S/c1-26(2,3)21-9-6-18(7-10-21)19-8-13-23-20(14-19)15-24(25(28)29)27(23)22-11-4-17(5-12-22)16-32(30)31/h4-14,24H,15-16H2,1-3H3,(H,28,29)(H,30,31). The van der Waals surface area contributed by atoms with Crippen LogP contribution in [0.4, 0.5) is 11.4 Å². The van der Waals surface area contributed by atoms with E-state index in [2.05, 4.69) is 51.1 Å². The van der Waals surface area contributed by atoms with Crippen LogP contribution in [0.1, 0.15) is 37.5 Å². The molecule has 0 radical (unpaired) electrons. The Morgan fingerprint density at radius 1 is 1.00 bits per heavy atom. The third-order valence-corrected chi connectivity index (χ3v) is 6.52. The van der Waals surface area contributed by atoms with Crippen LogP contribution in [0.15, 0.2) is 66.7 Å². The van der Waals surface area contributed by atoms with Crippen LogP contribution in [0.2, 0.25) is 0 Å². The van der Waals surface area contributed by atoms with Crippen molar-refractivity contribution >= 4 is 28.4 Å². The topological polar surface area (TPSA) is 77.8 Å². The largest absolute Gasteiger partial charge is 0.480 e. The van der Waals surface area contributed by atoms with Crippen molar-refractivity contribution in [2.75, 3.05) is 4.90 Å². The van der Waals surface area contributed by atoms with Crippen molar-refractivity contribution in [2.24, 2.45) is 0 Å². The normalized spacial score (nSPS) is 16.6. The number of anilines is 2. The van der Waals surface area contributed by atoms with Crippen LogP contribution < -0.4 is 4.90 Å². The van der Waals surface area contributed by atoms with Gasteiger partial charge in [-0.2, -0.15) is 0 Å². The van der Waals surface area contributed by atoms with E-state index in [0.717, 1.165) is 33.6 Å². The lowest BCUT2D eigenvalue weighted by atomic mass is 9.86. The molecule has 0 bridgehead atoms. The first kappa shape index (κ1) is 22.2. The van der Waals surface area contributed by atoms with Crippen molar-refractivity contribution < 1.29 is 18.7 Å². The van der Waals surface area contributed by atoms with Gasteiger partial charge in [-0.15, -0.1) is 0 Å². The van der Waals surface area contributed by atoms with E-state index in [1.54, 1.807) is 12.1 Å². The van der Waals surface area contributed by atoms with E-state index >= 15 is 0 Å². The molecule has 0 saturated carbocycles. The number of benzene rings is 3. The minimum atomic E-state index is -1.91. The Morgan fingerprint density at radius 2 is 1.62 bits per heavy atom. The summed E-state index contributed by atoms with van der Waals surface area (Å²) in [6.07, 6.45) is 0.418. The summed E-state index contributed by atoms with van der Waals surface area (Å²) in [5.74, 6) is -0.825. The molecule has 2 unspecified atom stereocenters. The average Bonchev–Trinajstić information content (AvgIpc) is 3.12.